The van der Waals surface area contributed by atoms with Crippen molar-refractivity contribution >= 4 is 39.6 Å². The Labute approximate surface area is 93.1 Å². The summed E-state index contributed by atoms with van der Waals surface area (Å²) in [6, 6.07) is 2.89. The van der Waals surface area contributed by atoms with Crippen LogP contribution in [0.15, 0.2) is 22.7 Å². The van der Waals surface area contributed by atoms with E-state index >= 15 is 0 Å². The Morgan fingerprint density at radius 2 is 2.21 bits per heavy atom. The second-order valence-electron chi connectivity index (χ2n) is 2.44. The Morgan fingerprint density at radius 1 is 1.57 bits per heavy atom. The molecule has 0 atom stereocenters. The first-order valence-electron chi connectivity index (χ1n) is 3.57. The van der Waals surface area contributed by atoms with Crippen molar-refractivity contribution in [1.82, 2.24) is 0 Å². The first-order chi connectivity index (χ1) is 6.52. The highest BCUT2D eigenvalue weighted by atomic mass is 79.9. The summed E-state index contributed by atoms with van der Waals surface area (Å²) >= 11 is 8.57. The van der Waals surface area contributed by atoms with Crippen LogP contribution < -0.4 is 0 Å². The predicted molar refractivity (Wildman–Crippen MR) is 55.8 cm³/mol. The van der Waals surface area contributed by atoms with Gasteiger partial charge in [0, 0.05) is 11.6 Å². The van der Waals surface area contributed by atoms with Crippen molar-refractivity contribution in [2.75, 3.05) is 0 Å². The van der Waals surface area contributed by atoms with E-state index in [1.807, 2.05) is 0 Å². The predicted octanol–water partition coefficient (Wildman–Crippen LogP) is 3.34. The molecule has 0 spiro atoms. The fraction of sp³-hybridized carbons (Fsp3) is 0. The molecule has 0 aliphatic heterocycles. The summed E-state index contributed by atoms with van der Waals surface area (Å²) in [6.45, 7) is 0. The van der Waals surface area contributed by atoms with Crippen LogP contribution in [0.3, 0.4) is 0 Å². The molecule has 0 radical (unpaired) electrons. The van der Waals surface area contributed by atoms with Crippen LogP contribution >= 0.6 is 27.5 Å². The Kier molecular flexibility index (Phi) is 3.66. The fourth-order valence-corrected chi connectivity index (χ4v) is 1.34. The zero-order valence-electron chi connectivity index (χ0n) is 6.80. The van der Waals surface area contributed by atoms with E-state index in [9.17, 15) is 9.18 Å². The van der Waals surface area contributed by atoms with Gasteiger partial charge in [-0.25, -0.2) is 9.18 Å². The molecule has 0 saturated heterocycles. The van der Waals surface area contributed by atoms with Gasteiger partial charge >= 0.3 is 5.97 Å². The summed E-state index contributed by atoms with van der Waals surface area (Å²) in [4.78, 5) is 10.2. The highest BCUT2D eigenvalue weighted by Crippen LogP contribution is 2.28. The third kappa shape index (κ3) is 2.56. The third-order valence-electron chi connectivity index (χ3n) is 1.47. The molecule has 74 valence electrons. The molecule has 1 aromatic rings. The number of carbonyl (C=O) groups is 1. The molecule has 1 N–H and O–H groups in total. The number of aliphatic carboxylic acids is 1. The molecule has 0 heterocycles. The minimum Gasteiger partial charge on any atom is -0.478 e. The van der Waals surface area contributed by atoms with E-state index in [-0.39, 0.29) is 15.1 Å². The van der Waals surface area contributed by atoms with Crippen LogP contribution in [0, 0.1) is 5.82 Å². The standard InChI is InChI=1S/C9H5BrClFO2/c10-8-6(11)3-1-5(9(8)12)2-4-7(13)14/h1-4H,(H,13,14)/b4-2+. The highest BCUT2D eigenvalue weighted by Gasteiger charge is 2.07. The molecular formula is C9H5BrClFO2. The maximum atomic E-state index is 13.3. The van der Waals surface area contributed by atoms with Gasteiger partial charge in [-0.2, -0.15) is 0 Å². The molecule has 1 rings (SSSR count). The molecule has 0 aliphatic rings. The zero-order chi connectivity index (χ0) is 10.7. The van der Waals surface area contributed by atoms with Crippen LogP contribution in [0.4, 0.5) is 4.39 Å². The van der Waals surface area contributed by atoms with E-state index in [1.54, 1.807) is 0 Å². The van der Waals surface area contributed by atoms with E-state index in [1.165, 1.54) is 18.2 Å². The summed E-state index contributed by atoms with van der Waals surface area (Å²) in [7, 11) is 0. The molecule has 1 aromatic carbocycles. The van der Waals surface area contributed by atoms with Crippen LogP contribution in [0.5, 0.6) is 0 Å². The maximum absolute atomic E-state index is 13.3. The first-order valence-corrected chi connectivity index (χ1v) is 4.74. The van der Waals surface area contributed by atoms with E-state index in [4.69, 9.17) is 16.7 Å². The van der Waals surface area contributed by atoms with E-state index in [0.29, 0.717) is 0 Å². The van der Waals surface area contributed by atoms with Crippen molar-refractivity contribution in [3.8, 4) is 0 Å². The molecule has 5 heteroatoms. The van der Waals surface area contributed by atoms with Gasteiger partial charge in [-0.3, -0.25) is 0 Å². The van der Waals surface area contributed by atoms with Crippen LogP contribution in [0.1, 0.15) is 5.56 Å². The van der Waals surface area contributed by atoms with Gasteiger partial charge in [0.15, 0.2) is 0 Å². The molecule has 0 aliphatic carbocycles. The maximum Gasteiger partial charge on any atom is 0.328 e. The summed E-state index contributed by atoms with van der Waals surface area (Å²) in [6.07, 6.45) is 2.03. The topological polar surface area (TPSA) is 37.3 Å². The van der Waals surface area contributed by atoms with Gasteiger partial charge in [-0.1, -0.05) is 17.7 Å². The molecule has 2 nitrogen and oxygen atoms in total. The Balaban J connectivity index is 3.12. The second-order valence-corrected chi connectivity index (χ2v) is 3.64. The van der Waals surface area contributed by atoms with Gasteiger partial charge in [-0.05, 0) is 28.1 Å². The molecule has 0 saturated carbocycles. The normalized spacial score (nSPS) is 10.8. The lowest BCUT2D eigenvalue weighted by Gasteiger charge is -2.00. The van der Waals surface area contributed by atoms with Gasteiger partial charge in [0.05, 0.1) is 9.50 Å². The lowest BCUT2D eigenvalue weighted by molar-refractivity contribution is -0.131. The minimum atomic E-state index is -1.13. The molecule has 0 amide bonds. The molecule has 0 bridgehead atoms. The number of carboxylic acids is 1. The summed E-state index contributed by atoms with van der Waals surface area (Å²) in [5.74, 6) is -1.70. The second kappa shape index (κ2) is 4.57. The van der Waals surface area contributed by atoms with Gasteiger partial charge in [0.2, 0.25) is 0 Å². The lowest BCUT2D eigenvalue weighted by atomic mass is 10.2. The lowest BCUT2D eigenvalue weighted by Crippen LogP contribution is -1.89. The summed E-state index contributed by atoms with van der Waals surface area (Å²) in [5, 5.41) is 8.59. The van der Waals surface area contributed by atoms with Gasteiger partial charge in [0.1, 0.15) is 5.82 Å². The third-order valence-corrected chi connectivity index (χ3v) is 2.79. The molecule has 14 heavy (non-hydrogen) atoms. The average Bonchev–Trinajstić information content (AvgIpc) is 2.13. The number of rotatable bonds is 2. The molecule has 0 fully saturated rings. The SMILES string of the molecule is O=C(O)/C=C/c1ccc(Cl)c(Br)c1F. The fourth-order valence-electron chi connectivity index (χ4n) is 0.831. The zero-order valence-corrected chi connectivity index (χ0v) is 9.14. The number of carboxylic acid groups (broad SMARTS) is 1. The smallest absolute Gasteiger partial charge is 0.328 e. The highest BCUT2D eigenvalue weighted by molar-refractivity contribution is 9.10. The Morgan fingerprint density at radius 3 is 2.79 bits per heavy atom. The summed E-state index contributed by atoms with van der Waals surface area (Å²) in [5.41, 5.74) is 0.170. The van der Waals surface area contributed by atoms with Crippen molar-refractivity contribution in [2.24, 2.45) is 0 Å². The largest absolute Gasteiger partial charge is 0.478 e. The van der Waals surface area contributed by atoms with Crippen LogP contribution in [0.2, 0.25) is 5.02 Å². The van der Waals surface area contributed by atoms with Crippen molar-refractivity contribution in [1.29, 1.82) is 0 Å². The van der Waals surface area contributed by atoms with E-state index in [0.717, 1.165) is 6.08 Å². The quantitative estimate of drug-likeness (QED) is 0.666. The molecular weight excluding hydrogens is 274 g/mol. The van der Waals surface area contributed by atoms with Gasteiger partial charge in [-0.15, -0.1) is 0 Å². The van der Waals surface area contributed by atoms with Crippen molar-refractivity contribution in [3.63, 3.8) is 0 Å². The monoisotopic (exact) mass is 278 g/mol. The number of halogens is 3. The summed E-state index contributed by atoms with van der Waals surface area (Å²) < 4.78 is 13.5. The van der Waals surface area contributed by atoms with Crippen LogP contribution in [-0.2, 0) is 4.79 Å². The van der Waals surface area contributed by atoms with Crippen molar-refractivity contribution in [3.05, 3.63) is 39.1 Å². The number of hydrogen-bond donors (Lipinski definition) is 1. The first kappa shape index (κ1) is 11.2. The van der Waals surface area contributed by atoms with Crippen LogP contribution in [-0.4, -0.2) is 11.1 Å². The Hall–Kier alpha value is -0.870. The molecule has 0 unspecified atom stereocenters. The van der Waals surface area contributed by atoms with Crippen molar-refractivity contribution in [2.45, 2.75) is 0 Å². The molecule has 0 aromatic heterocycles. The number of benzene rings is 1. The van der Waals surface area contributed by atoms with Gasteiger partial charge < -0.3 is 5.11 Å². The van der Waals surface area contributed by atoms with Gasteiger partial charge in [0.25, 0.3) is 0 Å². The van der Waals surface area contributed by atoms with Crippen molar-refractivity contribution < 1.29 is 14.3 Å². The average molecular weight is 279 g/mol. The van der Waals surface area contributed by atoms with Crippen LogP contribution in [0.25, 0.3) is 6.08 Å². The van der Waals surface area contributed by atoms with E-state index in [2.05, 4.69) is 15.9 Å². The minimum absolute atomic E-state index is 0.131. The van der Waals surface area contributed by atoms with E-state index < -0.39 is 11.8 Å². The Bertz CT molecular complexity index is 404. The number of hydrogen-bond acceptors (Lipinski definition) is 1.